The summed E-state index contributed by atoms with van der Waals surface area (Å²) in [6, 6.07) is 10.1. The molecule has 0 radical (unpaired) electrons. The van der Waals surface area contributed by atoms with Crippen molar-refractivity contribution >= 4 is 0 Å². The minimum absolute atomic E-state index is 0.204. The molecule has 2 heterocycles. The summed E-state index contributed by atoms with van der Waals surface area (Å²) in [4.78, 5) is 0. The van der Waals surface area contributed by atoms with Gasteiger partial charge in [-0.1, -0.05) is 18.2 Å². The predicted molar refractivity (Wildman–Crippen MR) is 68.3 cm³/mol. The van der Waals surface area contributed by atoms with E-state index in [9.17, 15) is 4.39 Å². The van der Waals surface area contributed by atoms with Gasteiger partial charge in [0, 0.05) is 5.56 Å². The lowest BCUT2D eigenvalue weighted by molar-refractivity contribution is -0.238. The lowest BCUT2D eigenvalue weighted by Gasteiger charge is -2.28. The summed E-state index contributed by atoms with van der Waals surface area (Å²) in [5, 5.41) is 0. The molecule has 4 nitrogen and oxygen atoms in total. The zero-order chi connectivity index (χ0) is 13.8. The number of hydrogen-bond acceptors (Lipinski definition) is 4. The lowest BCUT2D eigenvalue weighted by atomic mass is 10.2. The molecule has 0 N–H and O–H groups in total. The van der Waals surface area contributed by atoms with E-state index in [1.165, 1.54) is 6.07 Å². The Morgan fingerprint density at radius 3 is 2.60 bits per heavy atom. The molecule has 0 spiro atoms. The van der Waals surface area contributed by atoms with Gasteiger partial charge in [0.15, 0.2) is 5.76 Å². The molecule has 20 heavy (non-hydrogen) atoms. The first kappa shape index (κ1) is 13.3. The molecule has 3 rings (SSSR count). The molecule has 0 saturated carbocycles. The lowest BCUT2D eigenvalue weighted by Crippen LogP contribution is -2.33. The van der Waals surface area contributed by atoms with Crippen molar-refractivity contribution in [2.75, 3.05) is 13.2 Å². The van der Waals surface area contributed by atoms with E-state index >= 15 is 0 Å². The highest BCUT2D eigenvalue weighted by molar-refractivity contribution is 5.16. The second-order valence-corrected chi connectivity index (χ2v) is 4.54. The molecule has 2 aromatic rings. The average molecular weight is 278 g/mol. The topological polar surface area (TPSA) is 40.8 Å². The molecule has 1 aliphatic rings. The van der Waals surface area contributed by atoms with E-state index in [0.29, 0.717) is 24.5 Å². The molecule has 1 aliphatic heterocycles. The van der Waals surface area contributed by atoms with Crippen LogP contribution in [0.2, 0.25) is 0 Å². The molecular weight excluding hydrogens is 263 g/mol. The van der Waals surface area contributed by atoms with Gasteiger partial charge in [0.1, 0.15) is 11.9 Å². The van der Waals surface area contributed by atoms with Crippen LogP contribution in [0.15, 0.2) is 47.1 Å². The zero-order valence-corrected chi connectivity index (χ0v) is 10.8. The number of hydrogen-bond donors (Lipinski definition) is 0. The van der Waals surface area contributed by atoms with Crippen molar-refractivity contribution in [2.24, 2.45) is 0 Å². The first-order chi connectivity index (χ1) is 9.83. The van der Waals surface area contributed by atoms with Gasteiger partial charge in [0.05, 0.1) is 26.1 Å². The summed E-state index contributed by atoms with van der Waals surface area (Å²) >= 11 is 0. The number of rotatable bonds is 4. The summed E-state index contributed by atoms with van der Waals surface area (Å²) < 4.78 is 35.3. The smallest absolute Gasteiger partial charge is 0.217 e. The molecule has 1 aromatic carbocycles. The van der Waals surface area contributed by atoms with Crippen LogP contribution >= 0.6 is 0 Å². The van der Waals surface area contributed by atoms with E-state index in [1.54, 1.807) is 36.6 Å². The van der Waals surface area contributed by atoms with Crippen molar-refractivity contribution < 1.29 is 23.0 Å². The molecule has 1 aromatic heterocycles. The Kier molecular flexibility index (Phi) is 4.11. The molecule has 5 heteroatoms. The largest absolute Gasteiger partial charge is 0.464 e. The molecule has 1 saturated heterocycles. The van der Waals surface area contributed by atoms with Crippen LogP contribution in [0.4, 0.5) is 4.39 Å². The highest BCUT2D eigenvalue weighted by Crippen LogP contribution is 2.24. The molecule has 0 amide bonds. The van der Waals surface area contributed by atoms with E-state index in [0.717, 1.165) is 0 Å². The molecule has 0 bridgehead atoms. The number of halogens is 1. The second-order valence-electron chi connectivity index (χ2n) is 4.54. The maximum Gasteiger partial charge on any atom is 0.217 e. The fraction of sp³-hybridized carbons (Fsp3) is 0.333. The molecule has 0 atom stereocenters. The highest BCUT2D eigenvalue weighted by Gasteiger charge is 2.25. The molecule has 0 aliphatic carbocycles. The molecule has 106 valence electrons. The third-order valence-corrected chi connectivity index (χ3v) is 3.07. The van der Waals surface area contributed by atoms with Crippen molar-refractivity contribution in [2.45, 2.75) is 19.0 Å². The van der Waals surface area contributed by atoms with Crippen LogP contribution in [-0.2, 0) is 20.8 Å². The number of benzene rings is 1. The van der Waals surface area contributed by atoms with E-state index in [2.05, 4.69) is 0 Å². The van der Waals surface area contributed by atoms with Gasteiger partial charge in [-0.3, -0.25) is 0 Å². The standard InChI is InChI=1S/C15H15FO4/c16-13-5-2-1-4-11(13)8-18-12-9-19-15(20-10-12)14-6-3-7-17-14/h1-7,12,15H,8-10H2. The summed E-state index contributed by atoms with van der Waals surface area (Å²) in [5.41, 5.74) is 0.528. The Bertz CT molecular complexity index is 533. The SMILES string of the molecule is Fc1ccccc1COC1COC(c2ccco2)OC1. The quantitative estimate of drug-likeness (QED) is 0.862. The van der Waals surface area contributed by atoms with Gasteiger partial charge in [0.2, 0.25) is 6.29 Å². The Morgan fingerprint density at radius 1 is 1.10 bits per heavy atom. The molecule has 1 fully saturated rings. The van der Waals surface area contributed by atoms with Gasteiger partial charge >= 0.3 is 0 Å². The van der Waals surface area contributed by atoms with Gasteiger partial charge in [0.25, 0.3) is 0 Å². The monoisotopic (exact) mass is 278 g/mol. The van der Waals surface area contributed by atoms with E-state index in [-0.39, 0.29) is 18.5 Å². The van der Waals surface area contributed by atoms with Crippen LogP contribution < -0.4 is 0 Å². The van der Waals surface area contributed by atoms with E-state index in [1.807, 2.05) is 0 Å². The van der Waals surface area contributed by atoms with Gasteiger partial charge < -0.3 is 18.6 Å². The Balaban J connectivity index is 1.48. The third-order valence-electron chi connectivity index (χ3n) is 3.07. The first-order valence-electron chi connectivity index (χ1n) is 6.44. The van der Waals surface area contributed by atoms with Gasteiger partial charge in [-0.25, -0.2) is 4.39 Å². The van der Waals surface area contributed by atoms with Gasteiger partial charge in [-0.2, -0.15) is 0 Å². The molecular formula is C15H15FO4. The maximum absolute atomic E-state index is 13.4. The van der Waals surface area contributed by atoms with E-state index < -0.39 is 6.29 Å². The van der Waals surface area contributed by atoms with Crippen LogP contribution in [0.5, 0.6) is 0 Å². The highest BCUT2D eigenvalue weighted by atomic mass is 19.1. The Labute approximate surface area is 116 Å². The van der Waals surface area contributed by atoms with Gasteiger partial charge in [-0.15, -0.1) is 0 Å². The van der Waals surface area contributed by atoms with Crippen LogP contribution in [0.1, 0.15) is 17.6 Å². The summed E-state index contributed by atoms with van der Waals surface area (Å²) in [6.07, 6.45) is 0.877. The Hall–Kier alpha value is -1.69. The minimum atomic E-state index is -0.488. The van der Waals surface area contributed by atoms with Crippen LogP contribution in [0, 0.1) is 5.82 Å². The van der Waals surface area contributed by atoms with Crippen LogP contribution in [-0.4, -0.2) is 19.3 Å². The normalized spacial score (nSPS) is 22.9. The van der Waals surface area contributed by atoms with Crippen LogP contribution in [0.25, 0.3) is 0 Å². The summed E-state index contributed by atoms with van der Waals surface area (Å²) in [5.74, 6) is 0.371. The molecule has 0 unspecified atom stereocenters. The van der Waals surface area contributed by atoms with Crippen molar-refractivity contribution in [1.29, 1.82) is 0 Å². The predicted octanol–water partition coefficient (Wildman–Crippen LogP) is 3.05. The van der Waals surface area contributed by atoms with Crippen LogP contribution in [0.3, 0.4) is 0 Å². The average Bonchev–Trinajstić information content (AvgIpc) is 3.01. The third kappa shape index (κ3) is 3.07. The van der Waals surface area contributed by atoms with Crippen molar-refractivity contribution in [3.05, 3.63) is 59.8 Å². The number of furan rings is 1. The first-order valence-corrected chi connectivity index (χ1v) is 6.44. The maximum atomic E-state index is 13.4. The summed E-state index contributed by atoms with van der Waals surface area (Å²) in [7, 11) is 0. The van der Waals surface area contributed by atoms with Crippen molar-refractivity contribution in [3.8, 4) is 0 Å². The fourth-order valence-electron chi connectivity index (χ4n) is 1.99. The van der Waals surface area contributed by atoms with Crippen molar-refractivity contribution in [1.82, 2.24) is 0 Å². The zero-order valence-electron chi connectivity index (χ0n) is 10.8. The fourth-order valence-corrected chi connectivity index (χ4v) is 1.99. The van der Waals surface area contributed by atoms with Crippen molar-refractivity contribution in [3.63, 3.8) is 0 Å². The minimum Gasteiger partial charge on any atom is -0.464 e. The summed E-state index contributed by atoms with van der Waals surface area (Å²) in [6.45, 7) is 0.981. The van der Waals surface area contributed by atoms with Gasteiger partial charge in [-0.05, 0) is 18.2 Å². The Morgan fingerprint density at radius 2 is 1.90 bits per heavy atom. The number of ether oxygens (including phenoxy) is 3. The second kappa shape index (κ2) is 6.17. The van der Waals surface area contributed by atoms with E-state index in [4.69, 9.17) is 18.6 Å².